The molecule has 1 heterocycles. The lowest BCUT2D eigenvalue weighted by Crippen LogP contribution is -2.40. The maximum atomic E-state index is 12.5. The van der Waals surface area contributed by atoms with Crippen LogP contribution in [-0.2, 0) is 0 Å². The number of ether oxygens (including phenoxy) is 2. The molecule has 2 unspecified atom stereocenters. The molecule has 0 saturated carbocycles. The third-order valence-electron chi connectivity index (χ3n) is 3.71. The van der Waals surface area contributed by atoms with Crippen LogP contribution in [0.2, 0.25) is 0 Å². The maximum absolute atomic E-state index is 12.5. The predicted molar refractivity (Wildman–Crippen MR) is 72.6 cm³/mol. The van der Waals surface area contributed by atoms with E-state index in [9.17, 15) is 4.79 Å². The monoisotopic (exact) mass is 264 g/mol. The van der Waals surface area contributed by atoms with E-state index in [1.807, 2.05) is 6.92 Å². The fourth-order valence-electron chi connectivity index (χ4n) is 2.38. The van der Waals surface area contributed by atoms with Crippen molar-refractivity contribution in [2.75, 3.05) is 20.8 Å². The zero-order chi connectivity index (χ0) is 14.0. The van der Waals surface area contributed by atoms with Crippen molar-refractivity contribution in [2.45, 2.75) is 25.4 Å². The predicted octanol–water partition coefficient (Wildman–Crippen LogP) is 1.27. The molecule has 2 rings (SSSR count). The van der Waals surface area contributed by atoms with Crippen molar-refractivity contribution >= 4 is 5.91 Å². The summed E-state index contributed by atoms with van der Waals surface area (Å²) in [6.45, 7) is 2.67. The van der Waals surface area contributed by atoms with Crippen LogP contribution >= 0.6 is 0 Å². The minimum Gasteiger partial charge on any atom is -0.497 e. The first kappa shape index (κ1) is 13.7. The van der Waals surface area contributed by atoms with Crippen LogP contribution in [-0.4, -0.2) is 43.7 Å². The standard InChI is InChI=1S/C14H20N2O3/c1-9-12(15)6-7-16(9)14(17)11-5-4-10(18-2)8-13(11)19-3/h4-5,8-9,12H,6-7,15H2,1-3H3. The number of hydrogen-bond acceptors (Lipinski definition) is 4. The Hall–Kier alpha value is -1.75. The third kappa shape index (κ3) is 2.51. The van der Waals surface area contributed by atoms with E-state index in [0.717, 1.165) is 6.42 Å². The van der Waals surface area contributed by atoms with Gasteiger partial charge in [-0.25, -0.2) is 0 Å². The van der Waals surface area contributed by atoms with Crippen LogP contribution in [0, 0.1) is 0 Å². The van der Waals surface area contributed by atoms with Gasteiger partial charge in [-0.2, -0.15) is 0 Å². The van der Waals surface area contributed by atoms with Crippen molar-refractivity contribution in [2.24, 2.45) is 5.73 Å². The quantitative estimate of drug-likeness (QED) is 0.892. The Kier molecular flexibility index (Phi) is 3.95. The highest BCUT2D eigenvalue weighted by Gasteiger charge is 2.33. The van der Waals surface area contributed by atoms with E-state index >= 15 is 0 Å². The number of rotatable bonds is 3. The summed E-state index contributed by atoms with van der Waals surface area (Å²) in [6, 6.07) is 5.31. The first-order valence-electron chi connectivity index (χ1n) is 6.37. The lowest BCUT2D eigenvalue weighted by Gasteiger charge is -2.24. The molecular formula is C14H20N2O3. The lowest BCUT2D eigenvalue weighted by molar-refractivity contribution is 0.0739. The van der Waals surface area contributed by atoms with Crippen molar-refractivity contribution in [1.82, 2.24) is 4.90 Å². The molecule has 1 amide bonds. The summed E-state index contributed by atoms with van der Waals surface area (Å²) in [6.07, 6.45) is 0.839. The Bertz CT molecular complexity index is 476. The van der Waals surface area contributed by atoms with Gasteiger partial charge in [-0.3, -0.25) is 4.79 Å². The summed E-state index contributed by atoms with van der Waals surface area (Å²) in [5.41, 5.74) is 6.50. The van der Waals surface area contributed by atoms with Gasteiger partial charge in [0, 0.05) is 24.7 Å². The van der Waals surface area contributed by atoms with Crippen molar-refractivity contribution < 1.29 is 14.3 Å². The van der Waals surface area contributed by atoms with E-state index in [1.165, 1.54) is 0 Å². The van der Waals surface area contributed by atoms with Gasteiger partial charge in [-0.1, -0.05) is 0 Å². The van der Waals surface area contributed by atoms with E-state index in [-0.39, 0.29) is 18.0 Å². The second-order valence-electron chi connectivity index (χ2n) is 4.76. The number of carbonyl (C=O) groups is 1. The van der Waals surface area contributed by atoms with Crippen LogP contribution < -0.4 is 15.2 Å². The van der Waals surface area contributed by atoms with E-state index in [0.29, 0.717) is 23.6 Å². The maximum Gasteiger partial charge on any atom is 0.257 e. The minimum absolute atomic E-state index is 0.0417. The molecule has 0 aromatic heterocycles. The van der Waals surface area contributed by atoms with Gasteiger partial charge in [0.25, 0.3) is 5.91 Å². The van der Waals surface area contributed by atoms with E-state index in [4.69, 9.17) is 15.2 Å². The van der Waals surface area contributed by atoms with Gasteiger partial charge in [0.15, 0.2) is 0 Å². The molecular weight excluding hydrogens is 244 g/mol. The van der Waals surface area contributed by atoms with Gasteiger partial charge >= 0.3 is 0 Å². The van der Waals surface area contributed by atoms with Crippen LogP contribution in [0.1, 0.15) is 23.7 Å². The Morgan fingerprint density at radius 1 is 1.37 bits per heavy atom. The molecule has 1 saturated heterocycles. The molecule has 1 aliphatic heterocycles. The summed E-state index contributed by atoms with van der Waals surface area (Å²) < 4.78 is 10.4. The van der Waals surface area contributed by atoms with Gasteiger partial charge in [-0.15, -0.1) is 0 Å². The largest absolute Gasteiger partial charge is 0.497 e. The summed E-state index contributed by atoms with van der Waals surface area (Å²) in [4.78, 5) is 14.3. The fourth-order valence-corrected chi connectivity index (χ4v) is 2.38. The number of nitrogens with zero attached hydrogens (tertiary/aromatic N) is 1. The van der Waals surface area contributed by atoms with Crippen LogP contribution in [0.3, 0.4) is 0 Å². The molecule has 0 spiro atoms. The van der Waals surface area contributed by atoms with Crippen LogP contribution in [0.15, 0.2) is 18.2 Å². The van der Waals surface area contributed by atoms with Crippen molar-refractivity contribution in [3.63, 3.8) is 0 Å². The summed E-state index contributed by atoms with van der Waals surface area (Å²) in [7, 11) is 3.13. The topological polar surface area (TPSA) is 64.8 Å². The molecule has 1 fully saturated rings. The van der Waals surface area contributed by atoms with Crippen LogP contribution in [0.4, 0.5) is 0 Å². The molecule has 5 heteroatoms. The number of hydrogen-bond donors (Lipinski definition) is 1. The molecule has 0 bridgehead atoms. The molecule has 0 radical (unpaired) electrons. The number of amides is 1. The van der Waals surface area contributed by atoms with Crippen molar-refractivity contribution in [1.29, 1.82) is 0 Å². The number of methoxy groups -OCH3 is 2. The molecule has 5 nitrogen and oxygen atoms in total. The van der Waals surface area contributed by atoms with Crippen LogP contribution in [0.25, 0.3) is 0 Å². The fraction of sp³-hybridized carbons (Fsp3) is 0.500. The van der Waals surface area contributed by atoms with Crippen LogP contribution in [0.5, 0.6) is 11.5 Å². The molecule has 104 valence electrons. The molecule has 19 heavy (non-hydrogen) atoms. The second-order valence-corrected chi connectivity index (χ2v) is 4.76. The number of likely N-dealkylation sites (tertiary alicyclic amines) is 1. The second kappa shape index (κ2) is 5.48. The molecule has 1 aliphatic rings. The SMILES string of the molecule is COc1ccc(C(=O)N2CCC(N)C2C)c(OC)c1. The molecule has 2 N–H and O–H groups in total. The average Bonchev–Trinajstić information content (AvgIpc) is 2.77. The van der Waals surface area contributed by atoms with Crippen molar-refractivity contribution in [3.05, 3.63) is 23.8 Å². The molecule has 2 atom stereocenters. The van der Waals surface area contributed by atoms with Gasteiger partial charge in [0.2, 0.25) is 0 Å². The first-order chi connectivity index (χ1) is 9.08. The number of carbonyl (C=O) groups excluding carboxylic acids is 1. The van der Waals surface area contributed by atoms with E-state index < -0.39 is 0 Å². The Balaban J connectivity index is 2.28. The summed E-state index contributed by atoms with van der Waals surface area (Å²) in [5, 5.41) is 0. The summed E-state index contributed by atoms with van der Waals surface area (Å²) in [5.74, 6) is 1.15. The number of nitrogens with two attached hydrogens (primary N) is 1. The Labute approximate surface area is 113 Å². The smallest absolute Gasteiger partial charge is 0.257 e. The Morgan fingerprint density at radius 3 is 2.63 bits per heavy atom. The zero-order valence-corrected chi connectivity index (χ0v) is 11.6. The minimum atomic E-state index is -0.0417. The van der Waals surface area contributed by atoms with Gasteiger partial charge in [0.1, 0.15) is 11.5 Å². The highest BCUT2D eigenvalue weighted by atomic mass is 16.5. The van der Waals surface area contributed by atoms with Gasteiger partial charge in [0.05, 0.1) is 19.8 Å². The normalized spacial score (nSPS) is 22.4. The van der Waals surface area contributed by atoms with E-state index in [1.54, 1.807) is 37.3 Å². The highest BCUT2D eigenvalue weighted by molar-refractivity contribution is 5.97. The van der Waals surface area contributed by atoms with Gasteiger partial charge < -0.3 is 20.1 Å². The van der Waals surface area contributed by atoms with Crippen molar-refractivity contribution in [3.8, 4) is 11.5 Å². The Morgan fingerprint density at radius 2 is 2.11 bits per heavy atom. The van der Waals surface area contributed by atoms with E-state index in [2.05, 4.69) is 0 Å². The average molecular weight is 264 g/mol. The summed E-state index contributed by atoms with van der Waals surface area (Å²) >= 11 is 0. The number of benzene rings is 1. The highest BCUT2D eigenvalue weighted by Crippen LogP contribution is 2.28. The molecule has 0 aliphatic carbocycles. The third-order valence-corrected chi connectivity index (χ3v) is 3.71. The molecule has 1 aromatic rings. The zero-order valence-electron chi connectivity index (χ0n) is 11.6. The lowest BCUT2D eigenvalue weighted by atomic mass is 10.1. The first-order valence-corrected chi connectivity index (χ1v) is 6.37. The molecule has 1 aromatic carbocycles. The van der Waals surface area contributed by atoms with Gasteiger partial charge in [-0.05, 0) is 25.5 Å².